The van der Waals surface area contributed by atoms with Crippen LogP contribution in [0.5, 0.6) is 5.75 Å². The number of ether oxygens (including phenoxy) is 1. The van der Waals surface area contributed by atoms with Crippen LogP contribution in [0.4, 0.5) is 5.69 Å². The second-order valence-corrected chi connectivity index (χ2v) is 9.23. The fourth-order valence-corrected chi connectivity index (χ4v) is 4.27. The van der Waals surface area contributed by atoms with Crippen molar-refractivity contribution >= 4 is 57.6 Å². The summed E-state index contributed by atoms with van der Waals surface area (Å²) in [6, 6.07) is 25.0. The number of thiocarbonyl (C=S) groups is 1. The molecule has 2 aromatic heterocycles. The molecule has 0 saturated carbocycles. The summed E-state index contributed by atoms with van der Waals surface area (Å²) in [7, 11) is 1.50. The third-order valence-electron chi connectivity index (χ3n) is 5.78. The van der Waals surface area contributed by atoms with Crippen molar-refractivity contribution in [1.82, 2.24) is 5.32 Å². The molecule has 9 heteroatoms. The zero-order chi connectivity index (χ0) is 27.4. The zero-order valence-corrected chi connectivity index (χ0v) is 22.1. The van der Waals surface area contributed by atoms with Gasteiger partial charge >= 0.3 is 5.63 Å². The van der Waals surface area contributed by atoms with Gasteiger partial charge in [0.1, 0.15) is 22.9 Å². The highest BCUT2D eigenvalue weighted by molar-refractivity contribution is 7.80. The normalized spacial score (nSPS) is 11.0. The molecule has 0 spiro atoms. The number of anilines is 1. The van der Waals surface area contributed by atoms with Crippen molar-refractivity contribution in [1.29, 1.82) is 0 Å². The number of furan rings is 1. The van der Waals surface area contributed by atoms with Gasteiger partial charge in [-0.15, -0.1) is 0 Å². The molecule has 2 heterocycles. The van der Waals surface area contributed by atoms with Crippen molar-refractivity contribution in [2.45, 2.75) is 0 Å². The molecule has 3 aromatic carbocycles. The fourth-order valence-electron chi connectivity index (χ4n) is 3.93. The molecule has 0 bridgehead atoms. The van der Waals surface area contributed by atoms with Crippen LogP contribution in [0, 0.1) is 0 Å². The Hall–Kier alpha value is -4.66. The van der Waals surface area contributed by atoms with E-state index < -0.39 is 11.5 Å². The van der Waals surface area contributed by atoms with Crippen LogP contribution < -0.4 is 21.0 Å². The molecule has 0 aliphatic carbocycles. The Kier molecular flexibility index (Phi) is 7.58. The first-order valence-electron chi connectivity index (χ1n) is 11.8. The smallest absolute Gasteiger partial charge is 0.344 e. The molecule has 39 heavy (non-hydrogen) atoms. The topological polar surface area (TPSA) is 93.7 Å². The van der Waals surface area contributed by atoms with E-state index in [1.807, 2.05) is 30.3 Å². The summed E-state index contributed by atoms with van der Waals surface area (Å²) < 4.78 is 16.7. The van der Waals surface area contributed by atoms with Crippen molar-refractivity contribution in [3.8, 4) is 28.2 Å². The summed E-state index contributed by atoms with van der Waals surface area (Å²) in [5.74, 6) is 1.16. The number of methoxy groups -OCH3 is 1. The molecule has 0 aliphatic heterocycles. The summed E-state index contributed by atoms with van der Waals surface area (Å²) >= 11 is 11.2. The van der Waals surface area contributed by atoms with Crippen LogP contribution in [0.3, 0.4) is 0 Å². The van der Waals surface area contributed by atoms with Gasteiger partial charge in [0.15, 0.2) is 5.11 Å². The van der Waals surface area contributed by atoms with E-state index in [1.54, 1.807) is 60.7 Å². The molecule has 2 N–H and O–H groups in total. The van der Waals surface area contributed by atoms with Crippen molar-refractivity contribution in [3.63, 3.8) is 0 Å². The van der Waals surface area contributed by atoms with E-state index in [2.05, 4.69) is 10.6 Å². The number of carbonyl (C=O) groups excluding carboxylic acids is 1. The van der Waals surface area contributed by atoms with Crippen LogP contribution in [0.25, 0.3) is 39.5 Å². The SMILES string of the molecule is COc1cc(NC(=S)NC(=O)C=Cc2ccc(-c3ccc(Cl)cc3)o2)ccc1-c1cc2ccccc2oc1=O. The monoisotopic (exact) mass is 556 g/mol. The van der Waals surface area contributed by atoms with Crippen LogP contribution in [-0.2, 0) is 4.79 Å². The summed E-state index contributed by atoms with van der Waals surface area (Å²) in [5, 5.41) is 7.06. The van der Waals surface area contributed by atoms with E-state index in [1.165, 1.54) is 13.2 Å². The van der Waals surface area contributed by atoms with E-state index in [-0.39, 0.29) is 5.11 Å². The molecule has 0 aliphatic rings. The minimum absolute atomic E-state index is 0.0889. The average molecular weight is 557 g/mol. The standard InChI is InChI=1S/C30H21ClN2O5S/c1-36-27-17-21(10-13-23(27)24-16-19-4-2-3-5-25(19)38-29(24)35)32-30(39)33-28(34)15-12-22-11-14-26(37-22)18-6-8-20(31)9-7-18/h2-17H,1H3,(H2,32,33,34,39). The first-order valence-corrected chi connectivity index (χ1v) is 12.6. The van der Waals surface area contributed by atoms with E-state index >= 15 is 0 Å². The summed E-state index contributed by atoms with van der Waals surface area (Å²) in [6.07, 6.45) is 2.87. The molecule has 5 aromatic rings. The number of fused-ring (bicyclic) bond motifs is 1. The highest BCUT2D eigenvalue weighted by Gasteiger charge is 2.14. The number of nitrogens with one attached hydrogen (secondary N) is 2. The summed E-state index contributed by atoms with van der Waals surface area (Å²) in [6.45, 7) is 0. The number of rotatable bonds is 6. The van der Waals surface area contributed by atoms with Crippen molar-refractivity contribution in [3.05, 3.63) is 112 Å². The Morgan fingerprint density at radius 1 is 0.949 bits per heavy atom. The lowest BCUT2D eigenvalue weighted by Crippen LogP contribution is -2.32. The lowest BCUT2D eigenvalue weighted by atomic mass is 10.0. The molecule has 0 fully saturated rings. The van der Waals surface area contributed by atoms with Gasteiger partial charge in [0.25, 0.3) is 0 Å². The number of para-hydroxylation sites is 1. The maximum atomic E-state index is 12.6. The predicted molar refractivity (Wildman–Crippen MR) is 157 cm³/mol. The molecular formula is C30H21ClN2O5S. The van der Waals surface area contributed by atoms with Crippen LogP contribution in [-0.4, -0.2) is 18.1 Å². The second kappa shape index (κ2) is 11.4. The van der Waals surface area contributed by atoms with Crippen LogP contribution in [0.2, 0.25) is 5.02 Å². The second-order valence-electron chi connectivity index (χ2n) is 8.39. The van der Waals surface area contributed by atoms with Gasteiger partial charge < -0.3 is 18.9 Å². The quantitative estimate of drug-likeness (QED) is 0.133. The molecule has 0 unspecified atom stereocenters. The maximum absolute atomic E-state index is 12.6. The number of halogens is 1. The first kappa shape index (κ1) is 26.0. The van der Waals surface area contributed by atoms with Crippen LogP contribution in [0.1, 0.15) is 5.76 Å². The lowest BCUT2D eigenvalue weighted by Gasteiger charge is -2.13. The Bertz CT molecular complexity index is 1770. The van der Waals surface area contributed by atoms with Crippen molar-refractivity contribution in [2.75, 3.05) is 12.4 Å². The van der Waals surface area contributed by atoms with Crippen LogP contribution >= 0.6 is 23.8 Å². The third-order valence-corrected chi connectivity index (χ3v) is 6.24. The molecule has 194 valence electrons. The molecular weight excluding hydrogens is 536 g/mol. The number of benzene rings is 3. The van der Waals surface area contributed by atoms with Gasteiger partial charge in [0.2, 0.25) is 5.91 Å². The van der Waals surface area contributed by atoms with Gasteiger partial charge in [-0.2, -0.15) is 0 Å². The minimum Gasteiger partial charge on any atom is -0.496 e. The lowest BCUT2D eigenvalue weighted by molar-refractivity contribution is -0.115. The highest BCUT2D eigenvalue weighted by Crippen LogP contribution is 2.32. The van der Waals surface area contributed by atoms with Crippen LogP contribution in [0.15, 0.2) is 105 Å². The first-order chi connectivity index (χ1) is 18.9. The molecule has 0 atom stereocenters. The average Bonchev–Trinajstić information content (AvgIpc) is 3.41. The minimum atomic E-state index is -0.473. The van der Waals surface area contributed by atoms with E-state index in [9.17, 15) is 9.59 Å². The Balaban J connectivity index is 1.24. The maximum Gasteiger partial charge on any atom is 0.344 e. The van der Waals surface area contributed by atoms with Crippen molar-refractivity contribution in [2.24, 2.45) is 0 Å². The van der Waals surface area contributed by atoms with E-state index in [4.69, 9.17) is 37.4 Å². The Morgan fingerprint density at radius 2 is 1.74 bits per heavy atom. The molecule has 7 nitrogen and oxygen atoms in total. The molecule has 1 amide bonds. The van der Waals surface area contributed by atoms with Gasteiger partial charge in [-0.3, -0.25) is 10.1 Å². The Labute approximate surface area is 233 Å². The summed E-state index contributed by atoms with van der Waals surface area (Å²) in [5.41, 5.74) is 2.41. The van der Waals surface area contributed by atoms with Gasteiger partial charge in [-0.1, -0.05) is 29.8 Å². The number of amides is 1. The number of hydrogen-bond donors (Lipinski definition) is 2. The van der Waals surface area contributed by atoms with Gasteiger partial charge in [-0.25, -0.2) is 4.79 Å². The van der Waals surface area contributed by atoms with Gasteiger partial charge in [0, 0.05) is 39.4 Å². The zero-order valence-electron chi connectivity index (χ0n) is 20.6. The van der Waals surface area contributed by atoms with E-state index in [0.29, 0.717) is 44.7 Å². The Morgan fingerprint density at radius 3 is 2.54 bits per heavy atom. The largest absolute Gasteiger partial charge is 0.496 e. The third kappa shape index (κ3) is 6.09. The summed E-state index contributed by atoms with van der Waals surface area (Å²) in [4.78, 5) is 25.0. The van der Waals surface area contributed by atoms with Crippen molar-refractivity contribution < 1.29 is 18.4 Å². The van der Waals surface area contributed by atoms with Gasteiger partial charge in [-0.05, 0) is 79.0 Å². The van der Waals surface area contributed by atoms with Gasteiger partial charge in [0.05, 0.1) is 12.7 Å². The predicted octanol–water partition coefficient (Wildman–Crippen LogP) is 6.91. The molecule has 0 saturated heterocycles. The molecule has 5 rings (SSSR count). The molecule has 0 radical (unpaired) electrons. The number of hydrogen-bond acceptors (Lipinski definition) is 6. The number of carbonyl (C=O) groups is 1. The fraction of sp³-hybridized carbons (Fsp3) is 0.0333. The van der Waals surface area contributed by atoms with E-state index in [0.717, 1.165) is 10.9 Å². The highest BCUT2D eigenvalue weighted by atomic mass is 35.5.